The first-order valence-electron chi connectivity index (χ1n) is 5.96. The number of imidazole rings is 1. The molecule has 2 aromatic rings. The second-order valence-electron chi connectivity index (χ2n) is 4.52. The summed E-state index contributed by atoms with van der Waals surface area (Å²) < 4.78 is 6.34. The number of aromatic carboxylic acids is 1. The number of rotatable bonds is 3. The molecule has 0 unspecified atom stereocenters. The van der Waals surface area contributed by atoms with Gasteiger partial charge in [0, 0.05) is 5.92 Å². The smallest absolute Gasteiger partial charge is 0.356 e. The monoisotopic (exact) mass is 260 g/mol. The van der Waals surface area contributed by atoms with E-state index in [4.69, 9.17) is 4.74 Å². The summed E-state index contributed by atoms with van der Waals surface area (Å²) in [5.41, 5.74) is 0.715. The lowest BCUT2D eigenvalue weighted by atomic mass is 10.2. The van der Waals surface area contributed by atoms with Crippen molar-refractivity contribution in [3.8, 4) is 0 Å². The fourth-order valence-corrected chi connectivity index (χ4v) is 2.20. The second kappa shape index (κ2) is 4.08. The molecule has 1 aliphatic carbocycles. The SMILES string of the molecule is COC(=O)c1cccc2c(C(=O)O)nc(C3CC3)n12. The third kappa shape index (κ3) is 1.76. The molecule has 0 amide bonds. The Balaban J connectivity index is 2.34. The van der Waals surface area contributed by atoms with E-state index in [1.807, 2.05) is 0 Å². The van der Waals surface area contributed by atoms with Gasteiger partial charge in [0.15, 0.2) is 5.69 Å². The number of hydrogen-bond donors (Lipinski definition) is 1. The van der Waals surface area contributed by atoms with Gasteiger partial charge in [-0.25, -0.2) is 14.6 Å². The minimum Gasteiger partial charge on any atom is -0.476 e. The summed E-state index contributed by atoms with van der Waals surface area (Å²) in [5.74, 6) is -0.729. The number of carboxylic acids is 1. The van der Waals surface area contributed by atoms with Gasteiger partial charge >= 0.3 is 11.9 Å². The van der Waals surface area contributed by atoms with Crippen molar-refractivity contribution >= 4 is 17.5 Å². The predicted molar refractivity (Wildman–Crippen MR) is 65.5 cm³/mol. The average molecular weight is 260 g/mol. The summed E-state index contributed by atoms with van der Waals surface area (Å²) in [4.78, 5) is 27.2. The molecule has 0 saturated heterocycles. The molecule has 0 bridgehead atoms. The first-order valence-corrected chi connectivity index (χ1v) is 5.96. The van der Waals surface area contributed by atoms with Gasteiger partial charge in [-0.15, -0.1) is 0 Å². The van der Waals surface area contributed by atoms with Gasteiger partial charge in [-0.1, -0.05) is 6.07 Å². The standard InChI is InChI=1S/C13H12N2O4/c1-19-13(18)9-4-2-3-8-10(12(16)17)14-11(15(8)9)7-5-6-7/h2-4,7H,5-6H2,1H3,(H,16,17). The van der Waals surface area contributed by atoms with Crippen LogP contribution in [0.25, 0.3) is 5.52 Å². The molecule has 1 saturated carbocycles. The van der Waals surface area contributed by atoms with E-state index in [0.29, 0.717) is 17.0 Å². The Kier molecular flexibility index (Phi) is 2.51. The number of carbonyl (C=O) groups is 2. The summed E-state index contributed by atoms with van der Waals surface area (Å²) in [5, 5.41) is 9.19. The third-order valence-electron chi connectivity index (χ3n) is 3.23. The lowest BCUT2D eigenvalue weighted by Crippen LogP contribution is -2.09. The van der Waals surface area contributed by atoms with Crippen molar-refractivity contribution in [2.75, 3.05) is 7.11 Å². The van der Waals surface area contributed by atoms with Gasteiger partial charge in [0.2, 0.25) is 0 Å². The Labute approximate surface area is 108 Å². The zero-order chi connectivity index (χ0) is 13.6. The van der Waals surface area contributed by atoms with Gasteiger partial charge in [0.1, 0.15) is 11.5 Å². The van der Waals surface area contributed by atoms with Crippen LogP contribution in [0, 0.1) is 0 Å². The molecule has 1 N–H and O–H groups in total. The van der Waals surface area contributed by atoms with Crippen LogP contribution in [-0.4, -0.2) is 33.5 Å². The maximum Gasteiger partial charge on any atom is 0.356 e. The Morgan fingerprint density at radius 2 is 2.16 bits per heavy atom. The van der Waals surface area contributed by atoms with E-state index in [0.717, 1.165) is 12.8 Å². The molecule has 0 atom stereocenters. The number of aromatic nitrogens is 2. The van der Waals surface area contributed by atoms with E-state index in [2.05, 4.69) is 4.98 Å². The number of carboxylic acid groups (broad SMARTS) is 1. The minimum absolute atomic E-state index is 0.0207. The van der Waals surface area contributed by atoms with Crippen LogP contribution >= 0.6 is 0 Å². The van der Waals surface area contributed by atoms with Crippen molar-refractivity contribution in [3.63, 3.8) is 0 Å². The van der Waals surface area contributed by atoms with Gasteiger partial charge in [0.25, 0.3) is 0 Å². The summed E-state index contributed by atoms with van der Waals surface area (Å²) >= 11 is 0. The lowest BCUT2D eigenvalue weighted by molar-refractivity contribution is 0.0590. The summed E-state index contributed by atoms with van der Waals surface area (Å²) in [6, 6.07) is 4.89. The number of carbonyl (C=O) groups excluding carboxylic acids is 1. The number of methoxy groups -OCH3 is 1. The highest BCUT2D eigenvalue weighted by Gasteiger charge is 2.32. The molecule has 1 fully saturated rings. The number of pyridine rings is 1. The van der Waals surface area contributed by atoms with Crippen LogP contribution in [0.2, 0.25) is 0 Å². The van der Waals surface area contributed by atoms with Gasteiger partial charge in [-0.05, 0) is 25.0 Å². The molecule has 0 aromatic carbocycles. The Morgan fingerprint density at radius 1 is 1.42 bits per heavy atom. The molecule has 2 heterocycles. The van der Waals surface area contributed by atoms with Crippen molar-refractivity contribution in [1.29, 1.82) is 0 Å². The zero-order valence-corrected chi connectivity index (χ0v) is 10.3. The first kappa shape index (κ1) is 11.7. The highest BCUT2D eigenvalue weighted by atomic mass is 16.5. The zero-order valence-electron chi connectivity index (χ0n) is 10.3. The Hall–Kier alpha value is -2.37. The molecule has 98 valence electrons. The Morgan fingerprint density at radius 3 is 2.74 bits per heavy atom. The van der Waals surface area contributed by atoms with E-state index in [-0.39, 0.29) is 11.6 Å². The molecular formula is C13H12N2O4. The molecule has 0 spiro atoms. The molecule has 3 rings (SSSR count). The van der Waals surface area contributed by atoms with Crippen molar-refractivity contribution in [3.05, 3.63) is 35.4 Å². The molecule has 6 heteroatoms. The fourth-order valence-electron chi connectivity index (χ4n) is 2.20. The highest BCUT2D eigenvalue weighted by Crippen LogP contribution is 2.40. The van der Waals surface area contributed by atoms with Crippen LogP contribution in [-0.2, 0) is 4.74 Å². The topological polar surface area (TPSA) is 80.9 Å². The quantitative estimate of drug-likeness (QED) is 0.849. The third-order valence-corrected chi connectivity index (χ3v) is 3.23. The van der Waals surface area contributed by atoms with Gasteiger partial charge < -0.3 is 9.84 Å². The van der Waals surface area contributed by atoms with Crippen LogP contribution in [0.4, 0.5) is 0 Å². The Bertz CT molecular complexity index is 685. The molecular weight excluding hydrogens is 248 g/mol. The minimum atomic E-state index is -1.09. The lowest BCUT2D eigenvalue weighted by Gasteiger charge is -2.06. The number of nitrogens with zero attached hydrogens (tertiary/aromatic N) is 2. The average Bonchev–Trinajstić information content (AvgIpc) is 3.17. The molecule has 2 aromatic heterocycles. The summed E-state index contributed by atoms with van der Waals surface area (Å²) in [6.07, 6.45) is 1.93. The van der Waals surface area contributed by atoms with Gasteiger partial charge in [-0.2, -0.15) is 0 Å². The molecule has 0 aliphatic heterocycles. The van der Waals surface area contributed by atoms with Crippen molar-refractivity contribution in [2.45, 2.75) is 18.8 Å². The van der Waals surface area contributed by atoms with Crippen LogP contribution in [0.1, 0.15) is 45.6 Å². The largest absolute Gasteiger partial charge is 0.476 e. The van der Waals surface area contributed by atoms with Gasteiger partial charge in [-0.3, -0.25) is 4.40 Å². The number of fused-ring (bicyclic) bond motifs is 1. The van der Waals surface area contributed by atoms with Crippen molar-refractivity contribution < 1.29 is 19.4 Å². The molecule has 6 nitrogen and oxygen atoms in total. The van der Waals surface area contributed by atoms with Crippen LogP contribution in [0.3, 0.4) is 0 Å². The summed E-state index contributed by atoms with van der Waals surface area (Å²) in [6.45, 7) is 0. The van der Waals surface area contributed by atoms with E-state index >= 15 is 0 Å². The van der Waals surface area contributed by atoms with E-state index in [1.165, 1.54) is 7.11 Å². The first-order chi connectivity index (χ1) is 9.13. The number of hydrogen-bond acceptors (Lipinski definition) is 4. The predicted octanol–water partition coefficient (Wildman–Crippen LogP) is 1.70. The van der Waals surface area contributed by atoms with E-state index in [1.54, 1.807) is 22.6 Å². The van der Waals surface area contributed by atoms with Crippen molar-refractivity contribution in [2.24, 2.45) is 0 Å². The second-order valence-corrected chi connectivity index (χ2v) is 4.52. The van der Waals surface area contributed by atoms with Crippen LogP contribution < -0.4 is 0 Å². The number of esters is 1. The molecule has 1 aliphatic rings. The molecule has 19 heavy (non-hydrogen) atoms. The van der Waals surface area contributed by atoms with E-state index < -0.39 is 11.9 Å². The maximum atomic E-state index is 11.8. The maximum absolute atomic E-state index is 11.8. The van der Waals surface area contributed by atoms with Crippen LogP contribution in [0.5, 0.6) is 0 Å². The fraction of sp³-hybridized carbons (Fsp3) is 0.308. The van der Waals surface area contributed by atoms with Crippen LogP contribution in [0.15, 0.2) is 18.2 Å². The highest BCUT2D eigenvalue weighted by molar-refractivity contribution is 5.96. The van der Waals surface area contributed by atoms with Crippen molar-refractivity contribution in [1.82, 2.24) is 9.38 Å². The number of ether oxygens (including phenoxy) is 1. The molecule has 0 radical (unpaired) electrons. The van der Waals surface area contributed by atoms with E-state index in [9.17, 15) is 14.7 Å². The normalized spacial score (nSPS) is 14.6. The summed E-state index contributed by atoms with van der Waals surface area (Å²) in [7, 11) is 1.30. The van der Waals surface area contributed by atoms with Gasteiger partial charge in [0.05, 0.1) is 12.6 Å².